The monoisotopic (exact) mass is 255 g/mol. The molecule has 1 saturated heterocycles. The lowest BCUT2D eigenvalue weighted by Gasteiger charge is -2.14. The molecule has 0 saturated carbocycles. The Balaban J connectivity index is 2.32. The van der Waals surface area contributed by atoms with Gasteiger partial charge in [-0.2, -0.15) is 0 Å². The molecule has 17 heavy (non-hydrogen) atoms. The fraction of sp³-hybridized carbons (Fsp3) is 0.400. The molecule has 1 aliphatic heterocycles. The Kier molecular flexibility index (Phi) is 2.97. The summed E-state index contributed by atoms with van der Waals surface area (Å²) in [7, 11) is 0. The maximum atomic E-state index is 11.6. The van der Waals surface area contributed by atoms with Crippen LogP contribution in [0, 0.1) is 17.0 Å². The molecule has 1 amide bonds. The van der Waals surface area contributed by atoms with Crippen LogP contribution in [0.5, 0.6) is 0 Å². The summed E-state index contributed by atoms with van der Waals surface area (Å²) in [6, 6.07) is 1.53. The number of rotatable bonds is 2. The summed E-state index contributed by atoms with van der Waals surface area (Å²) in [5.41, 5.74) is 0.425. The third-order valence-corrected chi connectivity index (χ3v) is 2.91. The molecular formula is C10H10ClN3O3. The van der Waals surface area contributed by atoms with Gasteiger partial charge in [-0.25, -0.2) is 4.98 Å². The molecule has 1 aromatic heterocycles. The number of halogens is 1. The average molecular weight is 256 g/mol. The number of anilines is 1. The molecule has 0 radical (unpaired) electrons. The predicted octanol–water partition coefficient (Wildman–Crippen LogP) is 1.64. The molecule has 2 rings (SSSR count). The number of nitro groups is 1. The SMILES string of the molecule is Cc1cc(N2CC(Cl)CC2=O)ncc1[N+](=O)[O-]. The van der Waals surface area contributed by atoms with Crippen LogP contribution in [0.3, 0.4) is 0 Å². The first-order chi connectivity index (χ1) is 7.99. The Morgan fingerprint density at radius 2 is 2.35 bits per heavy atom. The van der Waals surface area contributed by atoms with E-state index in [0.717, 1.165) is 0 Å². The van der Waals surface area contributed by atoms with Crippen molar-refractivity contribution in [2.45, 2.75) is 18.7 Å². The van der Waals surface area contributed by atoms with E-state index in [9.17, 15) is 14.9 Å². The summed E-state index contributed by atoms with van der Waals surface area (Å²) in [6.07, 6.45) is 1.44. The van der Waals surface area contributed by atoms with Crippen molar-refractivity contribution in [2.24, 2.45) is 0 Å². The van der Waals surface area contributed by atoms with Gasteiger partial charge in [-0.15, -0.1) is 11.6 Å². The molecule has 2 heterocycles. The first-order valence-corrected chi connectivity index (χ1v) is 5.48. The van der Waals surface area contributed by atoms with Gasteiger partial charge in [-0.1, -0.05) is 0 Å². The first-order valence-electron chi connectivity index (χ1n) is 5.04. The van der Waals surface area contributed by atoms with Crippen molar-refractivity contribution in [1.29, 1.82) is 0 Å². The summed E-state index contributed by atoms with van der Waals surface area (Å²) in [5.74, 6) is 0.312. The Morgan fingerprint density at radius 3 is 2.82 bits per heavy atom. The topological polar surface area (TPSA) is 76.3 Å². The standard InChI is InChI=1S/C10H10ClN3O3/c1-6-2-9(12-4-8(6)14(16)17)13-5-7(11)3-10(13)15/h2,4,7H,3,5H2,1H3. The number of pyridine rings is 1. The van der Waals surface area contributed by atoms with Crippen molar-refractivity contribution in [3.63, 3.8) is 0 Å². The van der Waals surface area contributed by atoms with Crippen LogP contribution in [0.1, 0.15) is 12.0 Å². The van der Waals surface area contributed by atoms with Crippen LogP contribution in [0.15, 0.2) is 12.3 Å². The van der Waals surface area contributed by atoms with Crippen molar-refractivity contribution in [3.8, 4) is 0 Å². The van der Waals surface area contributed by atoms with E-state index in [1.165, 1.54) is 17.2 Å². The first kappa shape index (κ1) is 11.8. The van der Waals surface area contributed by atoms with Crippen LogP contribution in [0.25, 0.3) is 0 Å². The van der Waals surface area contributed by atoms with Gasteiger partial charge in [0.1, 0.15) is 12.0 Å². The highest BCUT2D eigenvalue weighted by molar-refractivity contribution is 6.24. The molecule has 1 unspecified atom stereocenters. The Morgan fingerprint density at radius 1 is 1.65 bits per heavy atom. The van der Waals surface area contributed by atoms with Crippen molar-refractivity contribution in [2.75, 3.05) is 11.4 Å². The quantitative estimate of drug-likeness (QED) is 0.457. The van der Waals surface area contributed by atoms with Gasteiger partial charge in [-0.05, 0) is 13.0 Å². The molecule has 0 aromatic carbocycles. The van der Waals surface area contributed by atoms with E-state index >= 15 is 0 Å². The third kappa shape index (κ3) is 2.21. The van der Waals surface area contributed by atoms with Gasteiger partial charge in [0.25, 0.3) is 5.69 Å². The van der Waals surface area contributed by atoms with Crippen LogP contribution in [-0.4, -0.2) is 27.7 Å². The fourth-order valence-corrected chi connectivity index (χ4v) is 2.03. The second kappa shape index (κ2) is 4.29. The minimum absolute atomic E-state index is 0.0529. The highest BCUT2D eigenvalue weighted by atomic mass is 35.5. The van der Waals surface area contributed by atoms with E-state index < -0.39 is 4.92 Å². The number of amides is 1. The molecule has 1 fully saturated rings. The molecule has 1 aliphatic rings. The largest absolute Gasteiger partial charge is 0.295 e. The van der Waals surface area contributed by atoms with Crippen LogP contribution in [0.4, 0.5) is 11.5 Å². The molecule has 0 aliphatic carbocycles. The number of nitrogens with zero attached hydrogens (tertiary/aromatic N) is 3. The number of carbonyl (C=O) groups excluding carboxylic acids is 1. The van der Waals surface area contributed by atoms with Gasteiger partial charge < -0.3 is 0 Å². The summed E-state index contributed by atoms with van der Waals surface area (Å²) in [5, 5.41) is 10.4. The molecule has 6 nitrogen and oxygen atoms in total. The minimum atomic E-state index is -0.498. The van der Waals surface area contributed by atoms with E-state index in [1.807, 2.05) is 0 Å². The van der Waals surface area contributed by atoms with E-state index in [0.29, 0.717) is 17.9 Å². The third-order valence-electron chi connectivity index (χ3n) is 2.62. The minimum Gasteiger partial charge on any atom is -0.295 e. The Bertz CT molecular complexity index is 492. The summed E-state index contributed by atoms with van der Waals surface area (Å²) in [6.45, 7) is 2.01. The predicted molar refractivity (Wildman–Crippen MR) is 62.2 cm³/mol. The number of hydrogen-bond donors (Lipinski definition) is 0. The van der Waals surface area contributed by atoms with E-state index in [1.54, 1.807) is 6.92 Å². The lowest BCUT2D eigenvalue weighted by atomic mass is 10.2. The van der Waals surface area contributed by atoms with E-state index in [-0.39, 0.29) is 23.4 Å². The van der Waals surface area contributed by atoms with Gasteiger partial charge in [0.2, 0.25) is 5.91 Å². The van der Waals surface area contributed by atoms with Crippen molar-refractivity contribution < 1.29 is 9.72 Å². The molecular weight excluding hydrogens is 246 g/mol. The van der Waals surface area contributed by atoms with Gasteiger partial charge in [0.15, 0.2) is 0 Å². The number of hydrogen-bond acceptors (Lipinski definition) is 4. The maximum absolute atomic E-state index is 11.6. The molecule has 1 aromatic rings. The lowest BCUT2D eigenvalue weighted by Crippen LogP contribution is -2.25. The number of carbonyl (C=O) groups is 1. The number of aromatic nitrogens is 1. The lowest BCUT2D eigenvalue weighted by molar-refractivity contribution is -0.385. The summed E-state index contributed by atoms with van der Waals surface area (Å²) < 4.78 is 0. The molecule has 1 atom stereocenters. The van der Waals surface area contributed by atoms with Crippen molar-refractivity contribution in [1.82, 2.24) is 4.98 Å². The van der Waals surface area contributed by atoms with E-state index in [2.05, 4.69) is 4.98 Å². The van der Waals surface area contributed by atoms with Crippen LogP contribution < -0.4 is 4.90 Å². The zero-order chi connectivity index (χ0) is 12.6. The maximum Gasteiger partial charge on any atom is 0.290 e. The van der Waals surface area contributed by atoms with Crippen molar-refractivity contribution >= 4 is 29.0 Å². The molecule has 0 spiro atoms. The van der Waals surface area contributed by atoms with Crippen molar-refractivity contribution in [3.05, 3.63) is 27.9 Å². The normalized spacial score (nSPS) is 19.8. The highest BCUT2D eigenvalue weighted by Gasteiger charge is 2.30. The molecule has 0 N–H and O–H groups in total. The molecule has 7 heteroatoms. The zero-order valence-electron chi connectivity index (χ0n) is 9.09. The number of alkyl halides is 1. The Labute approximate surface area is 102 Å². The summed E-state index contributed by atoms with van der Waals surface area (Å²) in [4.78, 5) is 27.1. The van der Waals surface area contributed by atoms with Gasteiger partial charge in [0, 0.05) is 18.5 Å². The fourth-order valence-electron chi connectivity index (χ4n) is 1.76. The average Bonchev–Trinajstić information content (AvgIpc) is 2.57. The molecule has 90 valence electrons. The highest BCUT2D eigenvalue weighted by Crippen LogP contribution is 2.26. The summed E-state index contributed by atoms with van der Waals surface area (Å²) >= 11 is 5.87. The van der Waals surface area contributed by atoms with Crippen LogP contribution in [-0.2, 0) is 4.79 Å². The zero-order valence-corrected chi connectivity index (χ0v) is 9.85. The van der Waals surface area contributed by atoms with Gasteiger partial charge in [-0.3, -0.25) is 19.8 Å². The smallest absolute Gasteiger partial charge is 0.290 e. The second-order valence-corrected chi connectivity index (χ2v) is 4.51. The Hall–Kier alpha value is -1.69. The second-order valence-electron chi connectivity index (χ2n) is 3.89. The van der Waals surface area contributed by atoms with E-state index in [4.69, 9.17) is 11.6 Å². The van der Waals surface area contributed by atoms with Crippen LogP contribution in [0.2, 0.25) is 0 Å². The van der Waals surface area contributed by atoms with Crippen LogP contribution >= 0.6 is 11.6 Å². The van der Waals surface area contributed by atoms with Gasteiger partial charge in [0.05, 0.1) is 10.3 Å². The molecule has 0 bridgehead atoms. The number of aryl methyl sites for hydroxylation is 1. The van der Waals surface area contributed by atoms with Gasteiger partial charge >= 0.3 is 0 Å².